The highest BCUT2D eigenvalue weighted by Gasteiger charge is 2.28. The number of nitrogens with zero attached hydrogens (tertiary/aromatic N) is 1. The summed E-state index contributed by atoms with van der Waals surface area (Å²) in [5, 5.41) is 13.2. The number of nitro groups is 1. The van der Waals surface area contributed by atoms with Crippen LogP contribution in [0, 0.1) is 10.1 Å². The largest absolute Gasteiger partial charge is 0.314 e. The van der Waals surface area contributed by atoms with Crippen molar-refractivity contribution in [3.8, 4) is 0 Å². The van der Waals surface area contributed by atoms with Gasteiger partial charge >= 0.3 is 0 Å². The third kappa shape index (κ3) is 2.85. The van der Waals surface area contributed by atoms with Crippen LogP contribution < -0.4 is 5.32 Å². The van der Waals surface area contributed by atoms with Crippen LogP contribution in [0.25, 0.3) is 0 Å². The zero-order valence-electron chi connectivity index (χ0n) is 9.70. The normalized spacial score (nSPS) is 22.6. The average molecular weight is 270 g/mol. The van der Waals surface area contributed by atoms with Crippen LogP contribution in [0.4, 0.5) is 5.69 Å². The molecule has 0 amide bonds. The van der Waals surface area contributed by atoms with Crippen LogP contribution in [0.1, 0.15) is 5.56 Å². The van der Waals surface area contributed by atoms with Gasteiger partial charge in [0, 0.05) is 25.2 Å². The SMILES string of the molecule is O=[N+]([O-])c1cccc(CC2CNCCS2(=O)=O)c1. The minimum absolute atomic E-state index is 0.00586. The molecule has 1 saturated heterocycles. The Morgan fingerprint density at radius 2 is 2.22 bits per heavy atom. The number of hydrogen-bond donors (Lipinski definition) is 1. The van der Waals surface area contributed by atoms with Crippen molar-refractivity contribution in [2.45, 2.75) is 11.7 Å². The Morgan fingerprint density at radius 1 is 1.44 bits per heavy atom. The van der Waals surface area contributed by atoms with Crippen LogP contribution in [-0.2, 0) is 16.3 Å². The number of nitro benzene ring substituents is 1. The van der Waals surface area contributed by atoms with E-state index in [4.69, 9.17) is 0 Å². The molecule has 2 rings (SSSR count). The fourth-order valence-corrected chi connectivity index (χ4v) is 3.61. The minimum Gasteiger partial charge on any atom is -0.314 e. The Bertz CT molecular complexity index is 556. The first-order valence-electron chi connectivity index (χ1n) is 5.64. The quantitative estimate of drug-likeness (QED) is 0.639. The molecule has 0 spiro atoms. The molecule has 0 aliphatic carbocycles. The van der Waals surface area contributed by atoms with E-state index in [1.54, 1.807) is 12.1 Å². The van der Waals surface area contributed by atoms with Crippen molar-refractivity contribution in [3.05, 3.63) is 39.9 Å². The van der Waals surface area contributed by atoms with Gasteiger partial charge in [-0.05, 0) is 12.0 Å². The molecule has 7 heteroatoms. The van der Waals surface area contributed by atoms with Gasteiger partial charge in [-0.2, -0.15) is 0 Å². The van der Waals surface area contributed by atoms with Gasteiger partial charge < -0.3 is 5.32 Å². The lowest BCUT2D eigenvalue weighted by atomic mass is 10.1. The Hall–Kier alpha value is -1.47. The van der Waals surface area contributed by atoms with Gasteiger partial charge in [0.1, 0.15) is 0 Å². The summed E-state index contributed by atoms with van der Waals surface area (Å²) in [6.45, 7) is 0.888. The highest BCUT2D eigenvalue weighted by atomic mass is 32.2. The highest BCUT2D eigenvalue weighted by molar-refractivity contribution is 7.92. The second kappa shape index (κ2) is 5.03. The van der Waals surface area contributed by atoms with Crippen molar-refractivity contribution in [1.82, 2.24) is 5.32 Å². The lowest BCUT2D eigenvalue weighted by Gasteiger charge is -2.23. The summed E-state index contributed by atoms with van der Waals surface area (Å²) in [7, 11) is -3.09. The summed E-state index contributed by atoms with van der Waals surface area (Å²) in [6.07, 6.45) is 0.316. The van der Waals surface area contributed by atoms with Crippen molar-refractivity contribution in [2.75, 3.05) is 18.8 Å². The zero-order valence-corrected chi connectivity index (χ0v) is 10.5. The molecular formula is C11H14N2O4S. The Balaban J connectivity index is 2.18. The summed E-state index contributed by atoms with van der Waals surface area (Å²) in [5.41, 5.74) is 0.676. The van der Waals surface area contributed by atoms with Gasteiger partial charge in [-0.1, -0.05) is 12.1 Å². The Morgan fingerprint density at radius 3 is 2.89 bits per heavy atom. The maximum absolute atomic E-state index is 11.8. The summed E-state index contributed by atoms with van der Waals surface area (Å²) >= 11 is 0. The summed E-state index contributed by atoms with van der Waals surface area (Å²) in [4.78, 5) is 10.2. The fraction of sp³-hybridized carbons (Fsp3) is 0.455. The first-order valence-corrected chi connectivity index (χ1v) is 7.36. The fourth-order valence-electron chi connectivity index (χ4n) is 2.03. The molecule has 6 nitrogen and oxygen atoms in total. The number of rotatable bonds is 3. The predicted molar refractivity (Wildman–Crippen MR) is 67.2 cm³/mol. The molecule has 18 heavy (non-hydrogen) atoms. The van der Waals surface area contributed by atoms with E-state index < -0.39 is 20.0 Å². The summed E-state index contributed by atoms with van der Waals surface area (Å²) in [6, 6.07) is 6.13. The third-order valence-electron chi connectivity index (χ3n) is 3.03. The maximum Gasteiger partial charge on any atom is 0.269 e. The van der Waals surface area contributed by atoms with Crippen molar-refractivity contribution in [1.29, 1.82) is 0 Å². The molecule has 0 bridgehead atoms. The molecule has 1 aromatic rings. The van der Waals surface area contributed by atoms with E-state index >= 15 is 0 Å². The Labute approximate surface area is 105 Å². The van der Waals surface area contributed by atoms with Crippen molar-refractivity contribution < 1.29 is 13.3 Å². The first kappa shape index (κ1) is 13.0. The number of non-ortho nitro benzene ring substituents is 1. The standard InChI is InChI=1S/C11H14N2O4S/c14-13(15)10-3-1-2-9(6-10)7-11-8-12-4-5-18(11,16)17/h1-3,6,11-12H,4-5,7-8H2. The zero-order chi connectivity index (χ0) is 13.2. The van der Waals surface area contributed by atoms with Crippen molar-refractivity contribution in [3.63, 3.8) is 0 Å². The molecule has 1 unspecified atom stereocenters. The van der Waals surface area contributed by atoms with Gasteiger partial charge in [0.2, 0.25) is 0 Å². The second-order valence-corrected chi connectivity index (χ2v) is 6.72. The van der Waals surface area contributed by atoms with Crippen LogP contribution in [0.5, 0.6) is 0 Å². The van der Waals surface area contributed by atoms with Crippen LogP contribution in [0.2, 0.25) is 0 Å². The van der Waals surface area contributed by atoms with Gasteiger partial charge in [0.15, 0.2) is 9.84 Å². The number of nitrogens with one attached hydrogen (secondary N) is 1. The number of benzene rings is 1. The number of sulfone groups is 1. The summed E-state index contributed by atoms with van der Waals surface area (Å²) in [5.74, 6) is 0.132. The highest BCUT2D eigenvalue weighted by Crippen LogP contribution is 2.18. The Kier molecular flexibility index (Phi) is 3.63. The molecule has 1 aliphatic heterocycles. The molecule has 0 radical (unpaired) electrons. The van der Waals surface area contributed by atoms with Gasteiger partial charge in [0.05, 0.1) is 15.9 Å². The average Bonchev–Trinajstić information content (AvgIpc) is 2.32. The minimum atomic E-state index is -3.09. The predicted octanol–water partition coefficient (Wildman–Crippen LogP) is 0.524. The van der Waals surface area contributed by atoms with Gasteiger partial charge in [-0.25, -0.2) is 8.42 Å². The first-order chi connectivity index (χ1) is 8.49. The van der Waals surface area contributed by atoms with Gasteiger partial charge in [-0.3, -0.25) is 10.1 Å². The molecule has 0 saturated carbocycles. The van der Waals surface area contributed by atoms with Gasteiger partial charge in [-0.15, -0.1) is 0 Å². The van der Waals surface area contributed by atoms with Crippen LogP contribution in [0.3, 0.4) is 0 Å². The van der Waals surface area contributed by atoms with Gasteiger partial charge in [0.25, 0.3) is 5.69 Å². The van der Waals surface area contributed by atoms with E-state index in [1.165, 1.54) is 12.1 Å². The molecule has 0 aromatic heterocycles. The molecule has 1 N–H and O–H groups in total. The topological polar surface area (TPSA) is 89.3 Å². The van der Waals surface area contributed by atoms with E-state index in [-0.39, 0.29) is 11.4 Å². The smallest absolute Gasteiger partial charge is 0.269 e. The molecule has 1 atom stereocenters. The lowest BCUT2D eigenvalue weighted by Crippen LogP contribution is -2.44. The van der Waals surface area contributed by atoms with Crippen molar-refractivity contribution in [2.24, 2.45) is 0 Å². The molecule has 1 aliphatic rings. The lowest BCUT2D eigenvalue weighted by molar-refractivity contribution is -0.384. The third-order valence-corrected chi connectivity index (χ3v) is 5.15. The monoisotopic (exact) mass is 270 g/mol. The molecule has 1 fully saturated rings. The van der Waals surface area contributed by atoms with Crippen molar-refractivity contribution >= 4 is 15.5 Å². The van der Waals surface area contributed by atoms with E-state index in [0.29, 0.717) is 25.1 Å². The van der Waals surface area contributed by atoms with Crippen LogP contribution in [-0.4, -0.2) is 37.4 Å². The molecular weight excluding hydrogens is 256 g/mol. The molecule has 98 valence electrons. The molecule has 1 heterocycles. The van der Waals surface area contributed by atoms with Crippen LogP contribution in [0.15, 0.2) is 24.3 Å². The second-order valence-electron chi connectivity index (χ2n) is 4.32. The van der Waals surface area contributed by atoms with E-state index in [1.807, 2.05) is 0 Å². The van der Waals surface area contributed by atoms with Crippen LogP contribution >= 0.6 is 0 Å². The van der Waals surface area contributed by atoms with E-state index in [0.717, 1.165) is 0 Å². The maximum atomic E-state index is 11.8. The van der Waals surface area contributed by atoms with E-state index in [9.17, 15) is 18.5 Å². The number of hydrogen-bond acceptors (Lipinski definition) is 5. The van der Waals surface area contributed by atoms with E-state index in [2.05, 4.69) is 5.32 Å². The molecule has 1 aromatic carbocycles. The summed E-state index contributed by atoms with van der Waals surface area (Å²) < 4.78 is 23.7.